The molecule has 0 spiro atoms. The number of hydrogen-bond donors (Lipinski definition) is 0. The standard InChI is InChI=1S/C16H11ClIN3/c17-8-7-15-20-16-11(10-19)3-1-6-14(16)21(15)13-5-2-4-12(18)9-13/h1-6,9H,7-8H2. The van der Waals surface area contributed by atoms with Crippen molar-refractivity contribution in [1.82, 2.24) is 9.55 Å². The Morgan fingerprint density at radius 2 is 2.05 bits per heavy atom. The third-order valence-corrected chi connectivity index (χ3v) is 4.12. The molecule has 104 valence electrons. The molecule has 0 aliphatic rings. The predicted molar refractivity (Wildman–Crippen MR) is 92.9 cm³/mol. The summed E-state index contributed by atoms with van der Waals surface area (Å²) >= 11 is 8.20. The molecule has 0 radical (unpaired) electrons. The van der Waals surface area contributed by atoms with Gasteiger partial charge in [0.2, 0.25) is 0 Å². The zero-order valence-corrected chi connectivity index (χ0v) is 14.0. The minimum Gasteiger partial charge on any atom is -0.296 e. The van der Waals surface area contributed by atoms with Crippen LogP contribution in [-0.2, 0) is 6.42 Å². The molecule has 3 aromatic rings. The highest BCUT2D eigenvalue weighted by atomic mass is 127. The van der Waals surface area contributed by atoms with Gasteiger partial charge in [-0.1, -0.05) is 12.1 Å². The number of alkyl halides is 1. The number of hydrogen-bond acceptors (Lipinski definition) is 2. The minimum absolute atomic E-state index is 0.495. The number of rotatable bonds is 3. The van der Waals surface area contributed by atoms with Gasteiger partial charge in [-0.25, -0.2) is 4.98 Å². The summed E-state index contributed by atoms with van der Waals surface area (Å²) < 4.78 is 3.24. The van der Waals surface area contributed by atoms with Crippen molar-refractivity contribution in [3.63, 3.8) is 0 Å². The summed E-state index contributed by atoms with van der Waals surface area (Å²) in [4.78, 5) is 4.63. The van der Waals surface area contributed by atoms with Crippen LogP contribution in [0.1, 0.15) is 11.4 Å². The SMILES string of the molecule is N#Cc1cccc2c1nc(CCCl)n2-c1cccc(I)c1. The predicted octanol–water partition coefficient (Wildman–Crippen LogP) is 4.28. The lowest BCUT2D eigenvalue weighted by Gasteiger charge is -2.09. The maximum Gasteiger partial charge on any atom is 0.115 e. The first-order valence-electron chi connectivity index (χ1n) is 6.47. The first-order valence-corrected chi connectivity index (χ1v) is 8.08. The van der Waals surface area contributed by atoms with Gasteiger partial charge in [0.05, 0.1) is 11.1 Å². The third kappa shape index (κ3) is 2.63. The Bertz CT molecular complexity index is 848. The molecule has 0 bridgehead atoms. The molecule has 2 aromatic carbocycles. The van der Waals surface area contributed by atoms with Gasteiger partial charge in [0, 0.05) is 21.6 Å². The second-order valence-corrected chi connectivity index (χ2v) is 6.19. The van der Waals surface area contributed by atoms with Crippen LogP contribution in [0, 0.1) is 14.9 Å². The Kier molecular flexibility index (Phi) is 4.13. The molecule has 0 aliphatic heterocycles. The van der Waals surface area contributed by atoms with E-state index in [0.29, 0.717) is 17.9 Å². The fourth-order valence-electron chi connectivity index (χ4n) is 2.39. The van der Waals surface area contributed by atoms with Crippen molar-refractivity contribution >= 4 is 45.2 Å². The highest BCUT2D eigenvalue weighted by Crippen LogP contribution is 2.25. The molecule has 1 heterocycles. The molecule has 21 heavy (non-hydrogen) atoms. The molecule has 1 aromatic heterocycles. The van der Waals surface area contributed by atoms with Crippen LogP contribution in [0.2, 0.25) is 0 Å². The molecular formula is C16H11ClIN3. The summed E-state index contributed by atoms with van der Waals surface area (Å²) in [5.74, 6) is 1.37. The minimum atomic E-state index is 0.495. The summed E-state index contributed by atoms with van der Waals surface area (Å²) in [6.07, 6.45) is 0.659. The van der Waals surface area contributed by atoms with E-state index in [0.717, 1.165) is 26.1 Å². The number of aromatic nitrogens is 2. The first kappa shape index (κ1) is 14.4. The lowest BCUT2D eigenvalue weighted by molar-refractivity contribution is 0.912. The number of nitriles is 1. The average molecular weight is 408 g/mol. The normalized spacial score (nSPS) is 10.7. The highest BCUT2D eigenvalue weighted by Gasteiger charge is 2.14. The smallest absolute Gasteiger partial charge is 0.115 e. The molecule has 0 fully saturated rings. The summed E-state index contributed by atoms with van der Waals surface area (Å²) in [6, 6.07) is 16.1. The number of nitrogens with zero attached hydrogens (tertiary/aromatic N) is 3. The van der Waals surface area contributed by atoms with Crippen LogP contribution in [0.25, 0.3) is 16.7 Å². The van der Waals surface area contributed by atoms with Crippen molar-refractivity contribution in [3.05, 3.63) is 57.4 Å². The Hall–Kier alpha value is -1.58. The van der Waals surface area contributed by atoms with Crippen LogP contribution in [0.4, 0.5) is 0 Å². The van der Waals surface area contributed by atoms with E-state index < -0.39 is 0 Å². The Labute approximate surface area is 141 Å². The number of imidazole rings is 1. The zero-order chi connectivity index (χ0) is 14.8. The van der Waals surface area contributed by atoms with Crippen molar-refractivity contribution in [1.29, 1.82) is 5.26 Å². The Morgan fingerprint density at radius 1 is 1.24 bits per heavy atom. The van der Waals surface area contributed by atoms with Gasteiger partial charge in [-0.3, -0.25) is 4.57 Å². The van der Waals surface area contributed by atoms with E-state index in [4.69, 9.17) is 11.6 Å². The molecule has 3 rings (SSSR count). The highest BCUT2D eigenvalue weighted by molar-refractivity contribution is 14.1. The Morgan fingerprint density at radius 3 is 2.76 bits per heavy atom. The van der Waals surface area contributed by atoms with E-state index in [2.05, 4.69) is 44.3 Å². The van der Waals surface area contributed by atoms with E-state index in [9.17, 15) is 5.26 Å². The van der Waals surface area contributed by atoms with Crippen molar-refractivity contribution in [2.45, 2.75) is 6.42 Å². The summed E-state index contributed by atoms with van der Waals surface area (Å²) in [5.41, 5.74) is 3.31. The van der Waals surface area contributed by atoms with Gasteiger partial charge < -0.3 is 0 Å². The van der Waals surface area contributed by atoms with Crippen LogP contribution in [0.15, 0.2) is 42.5 Å². The largest absolute Gasteiger partial charge is 0.296 e. The van der Waals surface area contributed by atoms with Crippen molar-refractivity contribution in [2.75, 3.05) is 5.88 Å². The molecule has 5 heteroatoms. The molecule has 0 aliphatic carbocycles. The maximum absolute atomic E-state index is 9.25. The van der Waals surface area contributed by atoms with Crippen LogP contribution in [0.3, 0.4) is 0 Å². The molecule has 0 amide bonds. The van der Waals surface area contributed by atoms with Gasteiger partial charge in [-0.15, -0.1) is 11.6 Å². The van der Waals surface area contributed by atoms with Crippen molar-refractivity contribution < 1.29 is 0 Å². The van der Waals surface area contributed by atoms with Gasteiger partial charge in [0.25, 0.3) is 0 Å². The van der Waals surface area contributed by atoms with Gasteiger partial charge in [0.1, 0.15) is 17.4 Å². The van der Waals surface area contributed by atoms with Gasteiger partial charge in [-0.2, -0.15) is 5.26 Å². The summed E-state index contributed by atoms with van der Waals surface area (Å²) in [6.45, 7) is 0. The quantitative estimate of drug-likeness (QED) is 0.480. The van der Waals surface area contributed by atoms with E-state index in [-0.39, 0.29) is 0 Å². The molecule has 0 saturated heterocycles. The second-order valence-electron chi connectivity index (χ2n) is 4.57. The fraction of sp³-hybridized carbons (Fsp3) is 0.125. The summed E-state index contributed by atoms with van der Waals surface area (Å²) in [7, 11) is 0. The summed E-state index contributed by atoms with van der Waals surface area (Å²) in [5, 5.41) is 9.25. The lowest BCUT2D eigenvalue weighted by atomic mass is 10.2. The molecule has 0 atom stereocenters. The molecule has 3 nitrogen and oxygen atoms in total. The number of benzene rings is 2. The van der Waals surface area contributed by atoms with Crippen LogP contribution in [0.5, 0.6) is 0 Å². The van der Waals surface area contributed by atoms with Crippen LogP contribution in [-0.4, -0.2) is 15.4 Å². The van der Waals surface area contributed by atoms with Crippen molar-refractivity contribution in [3.8, 4) is 11.8 Å². The van der Waals surface area contributed by atoms with E-state index >= 15 is 0 Å². The molecule has 0 saturated carbocycles. The molecule has 0 N–H and O–H groups in total. The second kappa shape index (κ2) is 6.04. The van der Waals surface area contributed by atoms with Gasteiger partial charge in [0.15, 0.2) is 0 Å². The molecule has 0 unspecified atom stereocenters. The van der Waals surface area contributed by atoms with Crippen molar-refractivity contribution in [2.24, 2.45) is 0 Å². The van der Waals surface area contributed by atoms with E-state index in [1.54, 1.807) is 6.07 Å². The van der Waals surface area contributed by atoms with E-state index in [1.807, 2.05) is 30.3 Å². The van der Waals surface area contributed by atoms with E-state index in [1.165, 1.54) is 0 Å². The maximum atomic E-state index is 9.25. The topological polar surface area (TPSA) is 41.6 Å². The fourth-order valence-corrected chi connectivity index (χ4v) is 3.09. The number of aryl methyl sites for hydroxylation is 1. The monoisotopic (exact) mass is 407 g/mol. The average Bonchev–Trinajstić information content (AvgIpc) is 2.85. The van der Waals surface area contributed by atoms with Crippen LogP contribution < -0.4 is 0 Å². The molecular weight excluding hydrogens is 397 g/mol. The van der Waals surface area contributed by atoms with Gasteiger partial charge >= 0.3 is 0 Å². The van der Waals surface area contributed by atoms with Crippen LogP contribution >= 0.6 is 34.2 Å². The van der Waals surface area contributed by atoms with Gasteiger partial charge in [-0.05, 0) is 52.9 Å². The number of para-hydroxylation sites is 1. The zero-order valence-electron chi connectivity index (χ0n) is 11.1. The lowest BCUT2D eigenvalue weighted by Crippen LogP contribution is -2.02. The third-order valence-electron chi connectivity index (χ3n) is 3.26. The number of fused-ring (bicyclic) bond motifs is 1. The Balaban J connectivity index is 2.34. The number of halogens is 2. The first-order chi connectivity index (χ1) is 10.2.